The number of hydrogen-bond acceptors (Lipinski definition) is 2. The molecule has 1 aliphatic rings. The number of benzene rings is 1. The van der Waals surface area contributed by atoms with E-state index in [9.17, 15) is 4.79 Å². The van der Waals surface area contributed by atoms with E-state index >= 15 is 0 Å². The largest absolute Gasteiger partial charge is 0.490 e. The fourth-order valence-electron chi connectivity index (χ4n) is 2.56. The van der Waals surface area contributed by atoms with Crippen LogP contribution < -0.4 is 10.1 Å². The Hall–Kier alpha value is -2.03. The van der Waals surface area contributed by atoms with E-state index in [-0.39, 0.29) is 5.91 Å². The minimum Gasteiger partial charge on any atom is -0.490 e. The zero-order valence-electron chi connectivity index (χ0n) is 13.3. The van der Waals surface area contributed by atoms with Gasteiger partial charge < -0.3 is 10.1 Å². The first kappa shape index (κ1) is 16.3. The molecule has 0 aromatic heterocycles. The Bertz CT molecular complexity index is 511. The first-order chi connectivity index (χ1) is 10.8. The van der Waals surface area contributed by atoms with Crippen LogP contribution in [0.3, 0.4) is 0 Å². The van der Waals surface area contributed by atoms with Crippen molar-refractivity contribution < 1.29 is 9.53 Å². The molecule has 3 heteroatoms. The summed E-state index contributed by atoms with van der Waals surface area (Å²) in [5.41, 5.74) is 1.07. The Kier molecular flexibility index (Phi) is 6.75. The summed E-state index contributed by atoms with van der Waals surface area (Å²) in [4.78, 5) is 11.6. The number of allylic oxidation sites excluding steroid dienone is 3. The second-order valence-corrected chi connectivity index (χ2v) is 5.62. The number of carbonyl (C=O) groups is 1. The number of hydrogen-bond donors (Lipinski definition) is 1. The molecule has 0 aliphatic heterocycles. The highest BCUT2D eigenvalue weighted by molar-refractivity contribution is 5.87. The molecular formula is C19H25NO2. The summed E-state index contributed by atoms with van der Waals surface area (Å²) in [7, 11) is 0. The highest BCUT2D eigenvalue weighted by atomic mass is 16.5. The molecule has 0 unspecified atom stereocenters. The molecule has 0 radical (unpaired) electrons. The SMILES string of the molecule is C/C=C/C=C/C(=O)NCc1ccc(OC2CCCCC2)cc1. The molecule has 22 heavy (non-hydrogen) atoms. The molecule has 0 heterocycles. The van der Waals surface area contributed by atoms with E-state index in [1.54, 1.807) is 6.08 Å². The summed E-state index contributed by atoms with van der Waals surface area (Å²) in [5, 5.41) is 2.86. The van der Waals surface area contributed by atoms with Crippen molar-refractivity contribution in [2.75, 3.05) is 0 Å². The molecule has 0 spiro atoms. The number of carbonyl (C=O) groups excluding carboxylic acids is 1. The maximum Gasteiger partial charge on any atom is 0.244 e. The Morgan fingerprint density at radius 3 is 2.59 bits per heavy atom. The Morgan fingerprint density at radius 2 is 1.91 bits per heavy atom. The lowest BCUT2D eigenvalue weighted by molar-refractivity contribution is -0.116. The van der Waals surface area contributed by atoms with Crippen LogP contribution in [-0.4, -0.2) is 12.0 Å². The molecule has 3 nitrogen and oxygen atoms in total. The summed E-state index contributed by atoms with van der Waals surface area (Å²) in [5.74, 6) is 0.843. The van der Waals surface area contributed by atoms with Gasteiger partial charge in [-0.3, -0.25) is 4.79 Å². The van der Waals surface area contributed by atoms with Gasteiger partial charge in [-0.1, -0.05) is 36.8 Å². The van der Waals surface area contributed by atoms with Crippen molar-refractivity contribution >= 4 is 5.91 Å². The Balaban J connectivity index is 1.77. The molecule has 0 saturated heterocycles. The van der Waals surface area contributed by atoms with Crippen molar-refractivity contribution in [3.05, 3.63) is 54.1 Å². The summed E-state index contributed by atoms with van der Waals surface area (Å²) < 4.78 is 6.00. The van der Waals surface area contributed by atoms with E-state index in [2.05, 4.69) is 5.32 Å². The van der Waals surface area contributed by atoms with Crippen LogP contribution in [-0.2, 0) is 11.3 Å². The second-order valence-electron chi connectivity index (χ2n) is 5.62. The monoisotopic (exact) mass is 299 g/mol. The third kappa shape index (κ3) is 5.76. The van der Waals surface area contributed by atoms with E-state index in [1.807, 2.05) is 43.3 Å². The highest BCUT2D eigenvalue weighted by Crippen LogP contribution is 2.23. The van der Waals surface area contributed by atoms with Crippen molar-refractivity contribution in [1.82, 2.24) is 5.32 Å². The van der Waals surface area contributed by atoms with Crippen LogP contribution in [0.2, 0.25) is 0 Å². The molecule has 1 amide bonds. The molecule has 118 valence electrons. The first-order valence-corrected chi connectivity index (χ1v) is 8.10. The van der Waals surface area contributed by atoms with Gasteiger partial charge in [-0.15, -0.1) is 0 Å². The van der Waals surface area contributed by atoms with E-state index in [1.165, 1.54) is 25.3 Å². The summed E-state index contributed by atoms with van der Waals surface area (Å²) in [6.07, 6.45) is 13.6. The van der Waals surface area contributed by atoms with Crippen molar-refractivity contribution in [2.45, 2.75) is 51.7 Å². The van der Waals surface area contributed by atoms with Gasteiger partial charge in [0.15, 0.2) is 0 Å². The van der Waals surface area contributed by atoms with Crippen LogP contribution in [0, 0.1) is 0 Å². The molecule has 0 atom stereocenters. The van der Waals surface area contributed by atoms with E-state index in [0.717, 1.165) is 24.2 Å². The van der Waals surface area contributed by atoms with Crippen molar-refractivity contribution in [3.8, 4) is 5.75 Å². The van der Waals surface area contributed by atoms with Gasteiger partial charge in [0.05, 0.1) is 6.10 Å². The summed E-state index contributed by atoms with van der Waals surface area (Å²) in [6.45, 7) is 2.45. The number of amides is 1. The van der Waals surface area contributed by atoms with Gasteiger partial charge in [-0.25, -0.2) is 0 Å². The van der Waals surface area contributed by atoms with E-state index in [4.69, 9.17) is 4.74 Å². The third-order valence-electron chi connectivity index (χ3n) is 3.80. The molecule has 1 saturated carbocycles. The van der Waals surface area contributed by atoms with Crippen LogP contribution in [0.15, 0.2) is 48.6 Å². The van der Waals surface area contributed by atoms with Crippen molar-refractivity contribution in [2.24, 2.45) is 0 Å². The zero-order chi connectivity index (χ0) is 15.6. The topological polar surface area (TPSA) is 38.3 Å². The molecular weight excluding hydrogens is 274 g/mol. The average molecular weight is 299 g/mol. The standard InChI is InChI=1S/C19H25NO2/c1-2-3-5-10-19(21)20-15-16-11-13-18(14-12-16)22-17-8-6-4-7-9-17/h2-3,5,10-14,17H,4,6-9,15H2,1H3,(H,20,21)/b3-2+,10-5+. The van der Waals surface area contributed by atoms with Crippen molar-refractivity contribution in [3.63, 3.8) is 0 Å². The molecule has 1 aromatic rings. The van der Waals surface area contributed by atoms with Gasteiger partial charge in [0, 0.05) is 12.6 Å². The zero-order valence-corrected chi connectivity index (χ0v) is 13.3. The first-order valence-electron chi connectivity index (χ1n) is 8.10. The molecule has 1 N–H and O–H groups in total. The minimum atomic E-state index is -0.0827. The maximum atomic E-state index is 11.6. The molecule has 1 aliphatic carbocycles. The van der Waals surface area contributed by atoms with E-state index in [0.29, 0.717) is 12.6 Å². The molecule has 0 bridgehead atoms. The van der Waals surface area contributed by atoms with Gasteiger partial charge in [-0.05, 0) is 50.3 Å². The van der Waals surface area contributed by atoms with Gasteiger partial charge in [0.25, 0.3) is 0 Å². The van der Waals surface area contributed by atoms with Crippen LogP contribution in [0.5, 0.6) is 5.75 Å². The highest BCUT2D eigenvalue weighted by Gasteiger charge is 2.14. The normalized spacial score (nSPS) is 16.2. The third-order valence-corrected chi connectivity index (χ3v) is 3.80. The fourth-order valence-corrected chi connectivity index (χ4v) is 2.56. The molecule has 1 fully saturated rings. The Labute approximate surface area is 133 Å². The number of nitrogens with one attached hydrogen (secondary N) is 1. The Morgan fingerprint density at radius 1 is 1.18 bits per heavy atom. The maximum absolute atomic E-state index is 11.6. The number of ether oxygens (including phenoxy) is 1. The lowest BCUT2D eigenvalue weighted by Crippen LogP contribution is -2.20. The smallest absolute Gasteiger partial charge is 0.244 e. The van der Waals surface area contributed by atoms with Gasteiger partial charge in [0.2, 0.25) is 5.91 Å². The average Bonchev–Trinajstić information content (AvgIpc) is 2.55. The quantitative estimate of drug-likeness (QED) is 0.633. The van der Waals surface area contributed by atoms with E-state index < -0.39 is 0 Å². The lowest BCUT2D eigenvalue weighted by Gasteiger charge is -2.23. The fraction of sp³-hybridized carbons (Fsp3) is 0.421. The predicted molar refractivity (Wildman–Crippen MR) is 89.7 cm³/mol. The van der Waals surface area contributed by atoms with Crippen LogP contribution in [0.1, 0.15) is 44.6 Å². The second kappa shape index (κ2) is 9.08. The molecule has 1 aromatic carbocycles. The predicted octanol–water partition coefficient (Wildman–Crippen LogP) is 4.15. The lowest BCUT2D eigenvalue weighted by atomic mass is 9.98. The van der Waals surface area contributed by atoms with Crippen molar-refractivity contribution in [1.29, 1.82) is 0 Å². The molecule has 2 rings (SSSR count). The summed E-state index contributed by atoms with van der Waals surface area (Å²) >= 11 is 0. The minimum absolute atomic E-state index is 0.0827. The van der Waals surface area contributed by atoms with Crippen LogP contribution in [0.25, 0.3) is 0 Å². The van der Waals surface area contributed by atoms with Crippen LogP contribution in [0.4, 0.5) is 0 Å². The van der Waals surface area contributed by atoms with Gasteiger partial charge >= 0.3 is 0 Å². The number of rotatable bonds is 6. The van der Waals surface area contributed by atoms with Gasteiger partial charge in [-0.2, -0.15) is 0 Å². The summed E-state index contributed by atoms with van der Waals surface area (Å²) in [6, 6.07) is 8.00. The van der Waals surface area contributed by atoms with Crippen LogP contribution >= 0.6 is 0 Å². The van der Waals surface area contributed by atoms with Gasteiger partial charge in [0.1, 0.15) is 5.75 Å².